The molecule has 0 aliphatic carbocycles. The largest absolute Gasteiger partial charge is 0.494 e. The van der Waals surface area contributed by atoms with Crippen LogP contribution in [0.2, 0.25) is 0 Å². The molecule has 1 aromatic heterocycles. The van der Waals surface area contributed by atoms with E-state index >= 15 is 0 Å². The molecule has 7 nitrogen and oxygen atoms in total. The number of methoxy groups -OCH3 is 1. The zero-order chi connectivity index (χ0) is 23.5. The van der Waals surface area contributed by atoms with Gasteiger partial charge in [0.2, 0.25) is 5.43 Å². The van der Waals surface area contributed by atoms with Crippen molar-refractivity contribution in [1.82, 2.24) is 4.57 Å². The van der Waals surface area contributed by atoms with E-state index < -0.39 is 11.4 Å². The Morgan fingerprint density at radius 2 is 1.91 bits per heavy atom. The maximum atomic E-state index is 12.8. The Hall–Kier alpha value is -2.51. The lowest BCUT2D eigenvalue weighted by atomic mass is 9.78. The number of pyridine rings is 1. The first-order valence-corrected chi connectivity index (χ1v) is 11.2. The van der Waals surface area contributed by atoms with E-state index in [1.54, 1.807) is 0 Å². The van der Waals surface area contributed by atoms with Crippen LogP contribution in [-0.2, 0) is 6.42 Å². The van der Waals surface area contributed by atoms with Crippen LogP contribution in [0.1, 0.15) is 68.4 Å². The number of halogens is 1. The second-order valence-electron chi connectivity index (χ2n) is 9.42. The van der Waals surface area contributed by atoms with E-state index in [9.17, 15) is 14.7 Å². The van der Waals surface area contributed by atoms with Crippen molar-refractivity contribution >= 4 is 18.4 Å². The third-order valence-corrected chi connectivity index (χ3v) is 6.07. The maximum Gasteiger partial charge on any atom is 0.341 e. The van der Waals surface area contributed by atoms with Crippen LogP contribution < -0.4 is 20.6 Å². The molecule has 0 amide bonds. The van der Waals surface area contributed by atoms with Gasteiger partial charge in [-0.15, -0.1) is 12.4 Å². The fourth-order valence-electron chi connectivity index (χ4n) is 4.34. The average Bonchev–Trinajstić information content (AvgIpc) is 2.74. The first-order chi connectivity index (χ1) is 15.2. The molecule has 1 aliphatic heterocycles. The molecule has 3 N–H and O–H groups in total. The maximum absolute atomic E-state index is 12.8. The highest BCUT2D eigenvalue weighted by Crippen LogP contribution is 2.45. The molecule has 1 aliphatic rings. The normalized spacial score (nSPS) is 14.6. The summed E-state index contributed by atoms with van der Waals surface area (Å²) in [6, 6.07) is 5.82. The summed E-state index contributed by atoms with van der Waals surface area (Å²) in [5.41, 5.74) is 7.02. The van der Waals surface area contributed by atoms with E-state index in [-0.39, 0.29) is 35.2 Å². The number of aromatic nitrogens is 1. The summed E-state index contributed by atoms with van der Waals surface area (Å²) < 4.78 is 13.3. The lowest BCUT2D eigenvalue weighted by Gasteiger charge is -2.39. The monoisotopic (exact) mass is 478 g/mol. The van der Waals surface area contributed by atoms with E-state index in [2.05, 4.69) is 20.8 Å². The Morgan fingerprint density at radius 1 is 1.21 bits per heavy atom. The Kier molecular flexibility index (Phi) is 8.97. The molecule has 0 spiro atoms. The van der Waals surface area contributed by atoms with Crippen molar-refractivity contribution in [3.8, 4) is 22.8 Å². The summed E-state index contributed by atoms with van der Waals surface area (Å²) in [5, 5.41) is 9.57. The topological polar surface area (TPSA) is 104 Å². The zero-order valence-corrected chi connectivity index (χ0v) is 20.7. The highest BCUT2D eigenvalue weighted by Gasteiger charge is 2.36. The Morgan fingerprint density at radius 3 is 2.52 bits per heavy atom. The molecule has 0 radical (unpaired) electrons. The molecule has 2 heterocycles. The molecule has 1 aromatic carbocycles. The van der Waals surface area contributed by atoms with E-state index in [0.29, 0.717) is 18.7 Å². The minimum absolute atomic E-state index is 0. The molecular formula is C25H35ClN2O5. The highest BCUT2D eigenvalue weighted by atomic mass is 35.5. The van der Waals surface area contributed by atoms with Crippen LogP contribution in [0.3, 0.4) is 0 Å². The van der Waals surface area contributed by atoms with Crippen molar-refractivity contribution in [2.75, 3.05) is 20.3 Å². The van der Waals surface area contributed by atoms with Crippen LogP contribution in [0.5, 0.6) is 11.5 Å². The standard InChI is InChI=1S/C25H34N2O5.ClH/c1-25(2,3)20-14-16-13-17(32-12-8-6-5-7-11-26)9-10-18(16)21-23(31-4)22(28)19(24(29)30)15-27(20)21;/h9-10,13,15,20H,5-8,11-12,14,26H2,1-4H3,(H,29,30);1H. The summed E-state index contributed by atoms with van der Waals surface area (Å²) in [7, 11) is 1.41. The Labute approximate surface area is 201 Å². The zero-order valence-electron chi connectivity index (χ0n) is 19.8. The van der Waals surface area contributed by atoms with Crippen molar-refractivity contribution < 1.29 is 19.4 Å². The number of aromatic carboxylic acids is 1. The molecule has 3 rings (SSSR count). The molecule has 0 saturated carbocycles. The molecule has 0 saturated heterocycles. The highest BCUT2D eigenvalue weighted by molar-refractivity contribution is 5.89. The van der Waals surface area contributed by atoms with Gasteiger partial charge in [-0.1, -0.05) is 33.6 Å². The summed E-state index contributed by atoms with van der Waals surface area (Å²) in [6.45, 7) is 7.70. The number of carboxylic acid groups (broad SMARTS) is 1. The number of hydrogen-bond acceptors (Lipinski definition) is 5. The van der Waals surface area contributed by atoms with Crippen molar-refractivity contribution in [3.05, 3.63) is 45.7 Å². The minimum Gasteiger partial charge on any atom is -0.494 e. The number of carboxylic acids is 1. The fraction of sp³-hybridized carbons (Fsp3) is 0.520. The number of nitrogens with two attached hydrogens (primary N) is 1. The number of rotatable bonds is 9. The molecular weight excluding hydrogens is 444 g/mol. The minimum atomic E-state index is -1.25. The fourth-order valence-corrected chi connectivity index (χ4v) is 4.34. The lowest BCUT2D eigenvalue weighted by molar-refractivity contribution is 0.0693. The predicted octanol–water partition coefficient (Wildman–Crippen LogP) is 4.69. The first-order valence-electron chi connectivity index (χ1n) is 11.2. The molecule has 0 fully saturated rings. The quantitative estimate of drug-likeness (QED) is 0.507. The number of fused-ring (bicyclic) bond motifs is 3. The van der Waals surface area contributed by atoms with Crippen molar-refractivity contribution in [2.45, 2.75) is 58.9 Å². The van der Waals surface area contributed by atoms with Gasteiger partial charge in [-0.05, 0) is 55.0 Å². The SMILES string of the molecule is COc1c2n(cc(C(=O)O)c1=O)C(C(C)(C)C)Cc1cc(OCCCCCCN)ccc1-2.Cl. The van der Waals surface area contributed by atoms with Crippen molar-refractivity contribution in [3.63, 3.8) is 0 Å². The van der Waals surface area contributed by atoms with Gasteiger partial charge in [0.15, 0.2) is 5.75 Å². The van der Waals surface area contributed by atoms with E-state index in [1.165, 1.54) is 13.3 Å². The van der Waals surface area contributed by atoms with Crippen LogP contribution in [0.4, 0.5) is 0 Å². The second kappa shape index (κ2) is 11.1. The molecule has 1 unspecified atom stereocenters. The summed E-state index contributed by atoms with van der Waals surface area (Å²) in [5.74, 6) is -0.391. The Balaban J connectivity index is 0.00000385. The smallest absolute Gasteiger partial charge is 0.341 e. The summed E-state index contributed by atoms with van der Waals surface area (Å²) >= 11 is 0. The van der Waals surface area contributed by atoms with E-state index in [0.717, 1.165) is 49.1 Å². The first kappa shape index (κ1) is 26.7. The van der Waals surface area contributed by atoms with E-state index in [1.807, 2.05) is 22.8 Å². The van der Waals surface area contributed by atoms with Gasteiger partial charge in [-0.3, -0.25) is 4.79 Å². The van der Waals surface area contributed by atoms with Gasteiger partial charge >= 0.3 is 5.97 Å². The number of hydrogen-bond donors (Lipinski definition) is 2. The van der Waals surface area contributed by atoms with Gasteiger partial charge < -0.3 is 24.9 Å². The summed E-state index contributed by atoms with van der Waals surface area (Å²) in [4.78, 5) is 24.6. The molecule has 2 aromatic rings. The van der Waals surface area contributed by atoms with Gasteiger partial charge in [-0.2, -0.15) is 0 Å². The third-order valence-electron chi connectivity index (χ3n) is 6.07. The van der Waals surface area contributed by atoms with Gasteiger partial charge in [0, 0.05) is 17.8 Å². The average molecular weight is 479 g/mol. The molecule has 8 heteroatoms. The van der Waals surface area contributed by atoms with E-state index in [4.69, 9.17) is 15.2 Å². The number of unbranched alkanes of at least 4 members (excludes halogenated alkanes) is 3. The number of nitrogens with zero attached hydrogens (tertiary/aromatic N) is 1. The van der Waals surface area contributed by atoms with Crippen LogP contribution in [0.15, 0.2) is 29.2 Å². The van der Waals surface area contributed by atoms with Gasteiger partial charge in [0.1, 0.15) is 11.3 Å². The number of ether oxygens (including phenoxy) is 2. The second-order valence-corrected chi connectivity index (χ2v) is 9.42. The number of carbonyl (C=O) groups is 1. The third kappa shape index (κ3) is 5.71. The lowest BCUT2D eigenvalue weighted by Crippen LogP contribution is -2.33. The molecule has 0 bridgehead atoms. The van der Waals surface area contributed by atoms with Crippen LogP contribution in [0.25, 0.3) is 11.3 Å². The molecule has 1 atom stereocenters. The van der Waals surface area contributed by atoms with Crippen molar-refractivity contribution in [1.29, 1.82) is 0 Å². The summed E-state index contributed by atoms with van der Waals surface area (Å²) in [6.07, 6.45) is 6.38. The van der Waals surface area contributed by atoms with Crippen LogP contribution in [-0.4, -0.2) is 35.9 Å². The number of benzene rings is 1. The van der Waals surface area contributed by atoms with Crippen LogP contribution >= 0.6 is 12.4 Å². The Bertz CT molecular complexity index is 1040. The van der Waals surface area contributed by atoms with Gasteiger partial charge in [0.25, 0.3) is 0 Å². The van der Waals surface area contributed by atoms with Gasteiger partial charge in [0.05, 0.1) is 19.4 Å². The molecule has 182 valence electrons. The predicted molar refractivity (Wildman–Crippen MR) is 132 cm³/mol. The van der Waals surface area contributed by atoms with Crippen molar-refractivity contribution in [2.24, 2.45) is 11.1 Å². The van der Waals surface area contributed by atoms with Crippen LogP contribution in [0, 0.1) is 5.41 Å². The molecule has 33 heavy (non-hydrogen) atoms. The van der Waals surface area contributed by atoms with Gasteiger partial charge in [-0.25, -0.2) is 4.79 Å².